The second kappa shape index (κ2) is 6.37. The Bertz CT molecular complexity index is 515. The van der Waals surface area contributed by atoms with Crippen molar-refractivity contribution in [2.75, 3.05) is 7.05 Å². The summed E-state index contributed by atoms with van der Waals surface area (Å²) in [6.45, 7) is 0.592. The number of aliphatic carboxylic acids is 1. The average molecular weight is 273 g/mol. The second-order valence-corrected chi connectivity index (χ2v) is 5.31. The first kappa shape index (κ1) is 14.3. The van der Waals surface area contributed by atoms with Crippen molar-refractivity contribution in [3.63, 3.8) is 0 Å². The SMILES string of the molecule is CN(Cc1ccc(C=CC(=O)O)cc1)C(=O)CC1CC1. The highest BCUT2D eigenvalue weighted by Crippen LogP contribution is 2.32. The van der Waals surface area contributed by atoms with E-state index in [9.17, 15) is 9.59 Å². The van der Waals surface area contributed by atoms with Crippen LogP contribution >= 0.6 is 0 Å². The molecule has 0 radical (unpaired) electrons. The Kier molecular flexibility index (Phi) is 4.56. The van der Waals surface area contributed by atoms with E-state index >= 15 is 0 Å². The first-order valence-corrected chi connectivity index (χ1v) is 6.78. The molecule has 4 nitrogen and oxygen atoms in total. The van der Waals surface area contributed by atoms with Gasteiger partial charge in [0, 0.05) is 26.1 Å². The molecule has 0 aliphatic heterocycles. The molecule has 0 heterocycles. The first-order valence-electron chi connectivity index (χ1n) is 6.78. The van der Waals surface area contributed by atoms with Crippen LogP contribution in [0.15, 0.2) is 30.3 Å². The van der Waals surface area contributed by atoms with E-state index in [0.29, 0.717) is 18.9 Å². The molecule has 0 aromatic heterocycles. The van der Waals surface area contributed by atoms with Gasteiger partial charge in [-0.3, -0.25) is 4.79 Å². The fraction of sp³-hybridized carbons (Fsp3) is 0.375. The fourth-order valence-corrected chi connectivity index (χ4v) is 1.99. The van der Waals surface area contributed by atoms with Crippen LogP contribution in [0, 0.1) is 5.92 Å². The van der Waals surface area contributed by atoms with Crippen molar-refractivity contribution in [3.05, 3.63) is 41.5 Å². The van der Waals surface area contributed by atoms with E-state index in [1.807, 2.05) is 31.3 Å². The van der Waals surface area contributed by atoms with E-state index in [-0.39, 0.29) is 5.91 Å². The molecular weight excluding hydrogens is 254 g/mol. The molecule has 1 saturated carbocycles. The lowest BCUT2D eigenvalue weighted by Crippen LogP contribution is -2.26. The highest BCUT2D eigenvalue weighted by Gasteiger charge is 2.25. The third-order valence-corrected chi connectivity index (χ3v) is 3.40. The summed E-state index contributed by atoms with van der Waals surface area (Å²) < 4.78 is 0. The highest BCUT2D eigenvalue weighted by molar-refractivity contribution is 5.85. The summed E-state index contributed by atoms with van der Waals surface area (Å²) in [4.78, 5) is 24.1. The Morgan fingerprint density at radius 3 is 2.50 bits per heavy atom. The third kappa shape index (κ3) is 4.53. The second-order valence-electron chi connectivity index (χ2n) is 5.31. The van der Waals surface area contributed by atoms with Gasteiger partial charge in [-0.2, -0.15) is 0 Å². The molecule has 1 amide bonds. The van der Waals surface area contributed by atoms with Gasteiger partial charge < -0.3 is 10.0 Å². The van der Waals surface area contributed by atoms with Crippen LogP contribution in [-0.2, 0) is 16.1 Å². The summed E-state index contributed by atoms with van der Waals surface area (Å²) in [5, 5.41) is 8.56. The minimum absolute atomic E-state index is 0.197. The molecule has 0 saturated heterocycles. The number of nitrogens with zero attached hydrogens (tertiary/aromatic N) is 1. The smallest absolute Gasteiger partial charge is 0.328 e. The topological polar surface area (TPSA) is 57.6 Å². The van der Waals surface area contributed by atoms with Gasteiger partial charge in [-0.1, -0.05) is 24.3 Å². The van der Waals surface area contributed by atoms with Crippen LogP contribution in [0.25, 0.3) is 6.08 Å². The number of carboxylic acid groups (broad SMARTS) is 1. The van der Waals surface area contributed by atoms with Crippen molar-refractivity contribution in [1.29, 1.82) is 0 Å². The Balaban J connectivity index is 1.89. The van der Waals surface area contributed by atoms with E-state index in [1.54, 1.807) is 11.0 Å². The maximum Gasteiger partial charge on any atom is 0.328 e. The molecule has 1 aliphatic carbocycles. The predicted molar refractivity (Wildman–Crippen MR) is 76.9 cm³/mol. The van der Waals surface area contributed by atoms with Gasteiger partial charge in [-0.25, -0.2) is 4.79 Å². The summed E-state index contributed by atoms with van der Waals surface area (Å²) in [6.07, 6.45) is 5.69. The van der Waals surface area contributed by atoms with Crippen molar-refractivity contribution >= 4 is 18.0 Å². The molecule has 1 fully saturated rings. The molecular formula is C16H19NO3. The quantitative estimate of drug-likeness (QED) is 0.810. The number of carbonyl (C=O) groups excluding carboxylic acids is 1. The van der Waals surface area contributed by atoms with Gasteiger partial charge >= 0.3 is 5.97 Å². The van der Waals surface area contributed by atoms with E-state index in [0.717, 1.165) is 17.2 Å². The largest absolute Gasteiger partial charge is 0.478 e. The summed E-state index contributed by atoms with van der Waals surface area (Å²) >= 11 is 0. The van der Waals surface area contributed by atoms with E-state index < -0.39 is 5.97 Å². The van der Waals surface area contributed by atoms with Gasteiger partial charge in [0.2, 0.25) is 5.91 Å². The van der Waals surface area contributed by atoms with Crippen molar-refractivity contribution in [1.82, 2.24) is 4.90 Å². The lowest BCUT2D eigenvalue weighted by molar-refractivity contribution is -0.132. The molecule has 0 spiro atoms. The molecule has 106 valence electrons. The van der Waals surface area contributed by atoms with E-state index in [2.05, 4.69) is 0 Å². The minimum atomic E-state index is -0.959. The lowest BCUT2D eigenvalue weighted by atomic mass is 10.1. The normalized spacial score (nSPS) is 14.4. The van der Waals surface area contributed by atoms with Gasteiger partial charge in [-0.15, -0.1) is 0 Å². The van der Waals surface area contributed by atoms with Crippen molar-refractivity contribution in [2.24, 2.45) is 5.92 Å². The Hall–Kier alpha value is -2.10. The molecule has 1 aliphatic rings. The van der Waals surface area contributed by atoms with Gasteiger partial charge in [0.1, 0.15) is 0 Å². The molecule has 4 heteroatoms. The van der Waals surface area contributed by atoms with Crippen molar-refractivity contribution < 1.29 is 14.7 Å². The van der Waals surface area contributed by atoms with Gasteiger partial charge in [0.15, 0.2) is 0 Å². The number of amides is 1. The van der Waals surface area contributed by atoms with Crippen LogP contribution in [0.4, 0.5) is 0 Å². The van der Waals surface area contributed by atoms with E-state index in [4.69, 9.17) is 5.11 Å². The van der Waals surface area contributed by atoms with Crippen LogP contribution in [0.2, 0.25) is 0 Å². The van der Waals surface area contributed by atoms with Crippen LogP contribution in [-0.4, -0.2) is 28.9 Å². The zero-order valence-corrected chi connectivity index (χ0v) is 11.6. The maximum absolute atomic E-state index is 11.9. The van der Waals surface area contributed by atoms with Gasteiger partial charge in [0.25, 0.3) is 0 Å². The number of carboxylic acids is 1. The molecule has 1 aromatic rings. The number of hydrogen-bond acceptors (Lipinski definition) is 2. The molecule has 2 rings (SSSR count). The summed E-state index contributed by atoms with van der Waals surface area (Å²) in [5.74, 6) is -0.157. The molecule has 1 N–H and O–H groups in total. The zero-order chi connectivity index (χ0) is 14.5. The Labute approximate surface area is 118 Å². The third-order valence-electron chi connectivity index (χ3n) is 3.40. The molecule has 0 bridgehead atoms. The number of benzene rings is 1. The maximum atomic E-state index is 11.9. The Morgan fingerprint density at radius 2 is 1.95 bits per heavy atom. The van der Waals surface area contributed by atoms with Crippen LogP contribution in [0.5, 0.6) is 0 Å². The van der Waals surface area contributed by atoms with E-state index in [1.165, 1.54) is 12.8 Å². The van der Waals surface area contributed by atoms with Crippen LogP contribution in [0.1, 0.15) is 30.4 Å². The van der Waals surface area contributed by atoms with Crippen LogP contribution in [0.3, 0.4) is 0 Å². The lowest BCUT2D eigenvalue weighted by Gasteiger charge is -2.17. The van der Waals surface area contributed by atoms with Crippen molar-refractivity contribution in [3.8, 4) is 0 Å². The average Bonchev–Trinajstić information content (AvgIpc) is 3.21. The number of rotatable bonds is 6. The Morgan fingerprint density at radius 1 is 1.30 bits per heavy atom. The zero-order valence-electron chi connectivity index (χ0n) is 11.6. The summed E-state index contributed by atoms with van der Waals surface area (Å²) in [7, 11) is 1.82. The first-order chi connectivity index (χ1) is 9.54. The predicted octanol–water partition coefficient (Wildman–Crippen LogP) is 2.54. The van der Waals surface area contributed by atoms with Gasteiger partial charge in [0.05, 0.1) is 0 Å². The monoisotopic (exact) mass is 273 g/mol. The van der Waals surface area contributed by atoms with Crippen molar-refractivity contribution in [2.45, 2.75) is 25.8 Å². The highest BCUT2D eigenvalue weighted by atomic mass is 16.4. The summed E-state index contributed by atoms with van der Waals surface area (Å²) in [6, 6.07) is 7.55. The number of carbonyl (C=O) groups is 2. The molecule has 1 aromatic carbocycles. The standard InChI is InChI=1S/C16H19NO3/c1-17(15(18)10-13-4-5-13)11-14-6-2-12(3-7-14)8-9-16(19)20/h2-3,6-9,13H,4-5,10-11H2,1H3,(H,19,20). The molecule has 0 atom stereocenters. The fourth-order valence-electron chi connectivity index (χ4n) is 1.99. The molecule has 20 heavy (non-hydrogen) atoms. The summed E-state index contributed by atoms with van der Waals surface area (Å²) in [5.41, 5.74) is 1.88. The van der Waals surface area contributed by atoms with Crippen LogP contribution < -0.4 is 0 Å². The van der Waals surface area contributed by atoms with Gasteiger partial charge in [-0.05, 0) is 36.0 Å². The molecule has 0 unspecified atom stereocenters. The number of hydrogen-bond donors (Lipinski definition) is 1. The minimum Gasteiger partial charge on any atom is -0.478 e.